The minimum absolute atomic E-state index is 0.0294. The summed E-state index contributed by atoms with van der Waals surface area (Å²) in [6, 6.07) is 10.9. The Morgan fingerprint density at radius 3 is 1.97 bits per heavy atom. The lowest BCUT2D eigenvalue weighted by molar-refractivity contribution is -0.384. The van der Waals surface area contributed by atoms with Gasteiger partial charge < -0.3 is 18.2 Å². The fraction of sp³-hybridized carbons (Fsp3) is 0.538. The van der Waals surface area contributed by atoms with Crippen LogP contribution in [0.2, 0.25) is 6.04 Å². The molecule has 2 aromatic carbocycles. The highest BCUT2D eigenvalue weighted by atomic mass is 28.4. The molecule has 0 saturated heterocycles. The van der Waals surface area contributed by atoms with Crippen molar-refractivity contribution in [1.29, 1.82) is 0 Å². The lowest BCUT2D eigenvalue weighted by atomic mass is 9.99. The molecule has 0 heterocycles. The lowest BCUT2D eigenvalue weighted by Gasteiger charge is -2.29. The molecule has 0 aromatic heterocycles. The van der Waals surface area contributed by atoms with E-state index in [2.05, 4.69) is 42.0 Å². The van der Waals surface area contributed by atoms with Crippen LogP contribution in [0.1, 0.15) is 52.2 Å². The Kier molecular flexibility index (Phi) is 12.1. The molecule has 198 valence electrons. The summed E-state index contributed by atoms with van der Waals surface area (Å²) >= 11 is 0. The molecule has 36 heavy (non-hydrogen) atoms. The average Bonchev–Trinajstić information content (AvgIpc) is 2.86. The van der Waals surface area contributed by atoms with Crippen LogP contribution < -0.4 is 4.90 Å². The number of nitro benzene ring substituents is 1. The van der Waals surface area contributed by atoms with Crippen LogP contribution in [0.15, 0.2) is 46.6 Å². The fourth-order valence-electron chi connectivity index (χ4n) is 4.25. The van der Waals surface area contributed by atoms with Crippen LogP contribution in [-0.4, -0.2) is 46.6 Å². The third-order valence-corrected chi connectivity index (χ3v) is 9.14. The molecule has 10 heteroatoms. The van der Waals surface area contributed by atoms with E-state index in [1.54, 1.807) is 12.1 Å². The number of azo groups is 1. The third kappa shape index (κ3) is 7.92. The molecule has 0 spiro atoms. The second kappa shape index (κ2) is 14.8. The van der Waals surface area contributed by atoms with E-state index in [-0.39, 0.29) is 5.69 Å². The molecule has 0 unspecified atom stereocenters. The molecule has 0 aliphatic heterocycles. The molecule has 0 amide bonds. The number of nitrogens with zero attached hydrogens (tertiary/aromatic N) is 4. The van der Waals surface area contributed by atoms with Gasteiger partial charge in [-0.2, -0.15) is 10.2 Å². The molecule has 0 N–H and O–H groups in total. The van der Waals surface area contributed by atoms with Crippen LogP contribution in [0.4, 0.5) is 22.7 Å². The van der Waals surface area contributed by atoms with E-state index in [9.17, 15) is 10.1 Å². The quantitative estimate of drug-likeness (QED) is 0.102. The minimum atomic E-state index is -2.72. The van der Waals surface area contributed by atoms with Crippen molar-refractivity contribution in [2.45, 2.75) is 60.4 Å². The number of anilines is 1. The first-order valence-electron chi connectivity index (χ1n) is 12.8. The van der Waals surface area contributed by atoms with Crippen LogP contribution in [0.3, 0.4) is 0 Å². The third-order valence-electron chi connectivity index (χ3n) is 5.99. The highest BCUT2D eigenvalue weighted by Crippen LogP contribution is 2.34. The molecule has 0 saturated carbocycles. The summed E-state index contributed by atoms with van der Waals surface area (Å²) in [7, 11) is -2.72. The Labute approximate surface area is 216 Å². The molecule has 0 aliphatic rings. The van der Waals surface area contributed by atoms with Gasteiger partial charge in [-0.25, -0.2) is 0 Å². The standard InChI is InChI=1S/C26H40N4O5Si/c1-7-29(8-2)26-19-18-25(28-27-22-14-16-23(17-15-22)30(31)32)21(6)24(26)13-12-20-36(33-9-3,34-10-4)35-11-5/h14-19H,7-13,20H2,1-6H3. The maximum Gasteiger partial charge on any atom is 0.500 e. The first kappa shape index (κ1) is 29.6. The summed E-state index contributed by atoms with van der Waals surface area (Å²) in [6.45, 7) is 15.8. The highest BCUT2D eigenvalue weighted by molar-refractivity contribution is 6.60. The Bertz CT molecular complexity index is 980. The fourth-order valence-corrected chi connectivity index (χ4v) is 6.86. The Morgan fingerprint density at radius 1 is 0.889 bits per heavy atom. The number of benzene rings is 2. The molecular formula is C26H40N4O5Si. The largest absolute Gasteiger partial charge is 0.500 e. The first-order valence-corrected chi connectivity index (χ1v) is 14.7. The number of non-ortho nitro benzene ring substituents is 1. The van der Waals surface area contributed by atoms with Crippen molar-refractivity contribution in [3.05, 3.63) is 57.6 Å². The van der Waals surface area contributed by atoms with Crippen molar-refractivity contribution >= 4 is 31.6 Å². The highest BCUT2D eigenvalue weighted by Gasteiger charge is 2.39. The van der Waals surface area contributed by atoms with Gasteiger partial charge in [-0.3, -0.25) is 10.1 Å². The minimum Gasteiger partial charge on any atom is -0.374 e. The van der Waals surface area contributed by atoms with Crippen LogP contribution in [0.25, 0.3) is 0 Å². The average molecular weight is 517 g/mol. The van der Waals surface area contributed by atoms with Gasteiger partial charge in [-0.1, -0.05) is 0 Å². The number of rotatable bonds is 16. The van der Waals surface area contributed by atoms with E-state index in [0.717, 1.165) is 43.2 Å². The van der Waals surface area contributed by atoms with Crippen molar-refractivity contribution < 1.29 is 18.2 Å². The molecular weight excluding hydrogens is 476 g/mol. The summed E-state index contributed by atoms with van der Waals surface area (Å²) in [5.74, 6) is 0. The normalized spacial score (nSPS) is 11.8. The Morgan fingerprint density at radius 2 is 1.47 bits per heavy atom. The van der Waals surface area contributed by atoms with Crippen molar-refractivity contribution in [1.82, 2.24) is 0 Å². The van der Waals surface area contributed by atoms with Gasteiger partial charge in [0.1, 0.15) is 0 Å². The lowest BCUT2D eigenvalue weighted by Crippen LogP contribution is -2.46. The predicted octanol–water partition coefficient (Wildman–Crippen LogP) is 7.15. The number of hydrogen-bond acceptors (Lipinski definition) is 8. The Hall–Kier alpha value is -2.66. The predicted molar refractivity (Wildman–Crippen MR) is 146 cm³/mol. The zero-order valence-electron chi connectivity index (χ0n) is 22.5. The van der Waals surface area contributed by atoms with Gasteiger partial charge in [-0.05, 0) is 89.8 Å². The summed E-state index contributed by atoms with van der Waals surface area (Å²) in [4.78, 5) is 12.8. The van der Waals surface area contributed by atoms with Crippen molar-refractivity contribution in [2.24, 2.45) is 10.2 Å². The molecule has 2 aromatic rings. The molecule has 0 bridgehead atoms. The molecule has 0 radical (unpaired) electrons. The van der Waals surface area contributed by atoms with E-state index < -0.39 is 13.7 Å². The van der Waals surface area contributed by atoms with Gasteiger partial charge in [0, 0.05) is 56.8 Å². The SMILES string of the molecule is CCO[Si](CCCc1c(N(CC)CC)ccc(N=Nc2ccc([N+](=O)[O-])cc2)c1C)(OCC)OCC. The second-order valence-electron chi connectivity index (χ2n) is 8.19. The van der Waals surface area contributed by atoms with E-state index in [4.69, 9.17) is 13.3 Å². The zero-order valence-corrected chi connectivity index (χ0v) is 23.5. The van der Waals surface area contributed by atoms with E-state index in [1.165, 1.54) is 23.4 Å². The summed E-state index contributed by atoms with van der Waals surface area (Å²) in [5.41, 5.74) is 4.87. The van der Waals surface area contributed by atoms with Gasteiger partial charge in [0.05, 0.1) is 16.3 Å². The molecule has 2 rings (SSSR count). The van der Waals surface area contributed by atoms with Crippen molar-refractivity contribution in [2.75, 3.05) is 37.8 Å². The van der Waals surface area contributed by atoms with Gasteiger partial charge in [0.2, 0.25) is 0 Å². The van der Waals surface area contributed by atoms with Gasteiger partial charge in [-0.15, -0.1) is 0 Å². The Balaban J connectivity index is 2.33. The van der Waals surface area contributed by atoms with Crippen LogP contribution >= 0.6 is 0 Å². The summed E-state index contributed by atoms with van der Waals surface area (Å²) < 4.78 is 18.1. The molecule has 0 aliphatic carbocycles. The number of hydrogen-bond donors (Lipinski definition) is 0. The molecule has 0 fully saturated rings. The van der Waals surface area contributed by atoms with Crippen molar-refractivity contribution in [3.8, 4) is 0 Å². The monoisotopic (exact) mass is 516 g/mol. The van der Waals surface area contributed by atoms with E-state index in [1.807, 2.05) is 26.8 Å². The van der Waals surface area contributed by atoms with Gasteiger partial charge >= 0.3 is 8.80 Å². The molecule has 0 atom stereocenters. The van der Waals surface area contributed by atoms with Crippen LogP contribution in [-0.2, 0) is 19.7 Å². The smallest absolute Gasteiger partial charge is 0.374 e. The summed E-state index contributed by atoms with van der Waals surface area (Å²) in [6.07, 6.45) is 1.70. The van der Waals surface area contributed by atoms with Crippen LogP contribution in [0, 0.1) is 17.0 Å². The molecule has 9 nitrogen and oxygen atoms in total. The first-order chi connectivity index (χ1) is 17.3. The maximum absolute atomic E-state index is 10.9. The van der Waals surface area contributed by atoms with E-state index in [0.29, 0.717) is 25.5 Å². The van der Waals surface area contributed by atoms with Crippen molar-refractivity contribution in [3.63, 3.8) is 0 Å². The van der Waals surface area contributed by atoms with Crippen LogP contribution in [0.5, 0.6) is 0 Å². The topological polar surface area (TPSA) is 98.8 Å². The van der Waals surface area contributed by atoms with Gasteiger partial charge in [0.25, 0.3) is 5.69 Å². The van der Waals surface area contributed by atoms with Gasteiger partial charge in [0.15, 0.2) is 0 Å². The number of nitro groups is 1. The second-order valence-corrected chi connectivity index (χ2v) is 10.9. The zero-order chi connectivity index (χ0) is 26.6. The summed E-state index contributed by atoms with van der Waals surface area (Å²) in [5, 5.41) is 19.7. The maximum atomic E-state index is 10.9. The van der Waals surface area contributed by atoms with E-state index >= 15 is 0 Å².